The molecule has 2 N–H and O–H groups in total. The number of carbonyl (C=O) groups is 2. The van der Waals surface area contributed by atoms with Gasteiger partial charge in [-0.2, -0.15) is 0 Å². The molecule has 2 atom stereocenters. The second-order valence-electron chi connectivity index (χ2n) is 7.62. The standard InChI is InChI=1S/C22H35N3O3/c1-3-18(2)20(24-22(27)28-17-19-11-7-6-8-12-19)21(26)23-13-16-25-14-9-4-5-10-15-25/h6-8,11-12,18,20H,3-5,9-10,13-17H2,1-2H3,(H,23,26)(H,24,27)/t18-,20-/m0/s1. The van der Waals surface area contributed by atoms with Crippen LogP contribution in [0.3, 0.4) is 0 Å². The molecule has 6 heteroatoms. The van der Waals surface area contributed by atoms with Gasteiger partial charge in [-0.05, 0) is 37.4 Å². The van der Waals surface area contributed by atoms with Crippen molar-refractivity contribution >= 4 is 12.0 Å². The molecule has 2 amide bonds. The smallest absolute Gasteiger partial charge is 0.408 e. The molecule has 1 aliphatic rings. The van der Waals surface area contributed by atoms with Gasteiger partial charge in [0.25, 0.3) is 0 Å². The van der Waals surface area contributed by atoms with Crippen LogP contribution in [-0.4, -0.2) is 49.1 Å². The van der Waals surface area contributed by atoms with E-state index in [-0.39, 0.29) is 18.4 Å². The van der Waals surface area contributed by atoms with Crippen LogP contribution in [0, 0.1) is 5.92 Å². The van der Waals surface area contributed by atoms with Gasteiger partial charge in [-0.1, -0.05) is 63.4 Å². The van der Waals surface area contributed by atoms with Crippen molar-refractivity contribution in [2.75, 3.05) is 26.2 Å². The third-order valence-electron chi connectivity index (χ3n) is 5.41. The summed E-state index contributed by atoms with van der Waals surface area (Å²) < 4.78 is 5.28. The van der Waals surface area contributed by atoms with Crippen LogP contribution in [0.4, 0.5) is 4.79 Å². The van der Waals surface area contributed by atoms with Gasteiger partial charge in [0.15, 0.2) is 0 Å². The van der Waals surface area contributed by atoms with Crippen molar-refractivity contribution in [2.24, 2.45) is 5.92 Å². The van der Waals surface area contributed by atoms with Crippen LogP contribution in [0.25, 0.3) is 0 Å². The number of nitrogens with one attached hydrogen (secondary N) is 2. The summed E-state index contributed by atoms with van der Waals surface area (Å²) in [5.74, 6) is -0.108. The zero-order valence-corrected chi connectivity index (χ0v) is 17.3. The second kappa shape index (κ2) is 12.4. The first-order valence-electron chi connectivity index (χ1n) is 10.6. The van der Waals surface area contributed by atoms with Gasteiger partial charge in [-0.3, -0.25) is 4.79 Å². The normalized spacial score (nSPS) is 17.2. The van der Waals surface area contributed by atoms with Gasteiger partial charge in [0.2, 0.25) is 5.91 Å². The molecule has 1 aliphatic heterocycles. The van der Waals surface area contributed by atoms with E-state index in [0.29, 0.717) is 6.54 Å². The van der Waals surface area contributed by atoms with Gasteiger partial charge in [0, 0.05) is 13.1 Å². The molecule has 0 saturated carbocycles. The zero-order chi connectivity index (χ0) is 20.2. The summed E-state index contributed by atoms with van der Waals surface area (Å²) in [6.07, 6.45) is 5.30. The molecule has 156 valence electrons. The fraction of sp³-hybridized carbons (Fsp3) is 0.636. The highest BCUT2D eigenvalue weighted by Gasteiger charge is 2.26. The number of nitrogens with zero attached hydrogens (tertiary/aromatic N) is 1. The largest absolute Gasteiger partial charge is 0.445 e. The lowest BCUT2D eigenvalue weighted by Crippen LogP contribution is -2.51. The number of hydrogen-bond acceptors (Lipinski definition) is 4. The summed E-state index contributed by atoms with van der Waals surface area (Å²) in [4.78, 5) is 27.3. The summed E-state index contributed by atoms with van der Waals surface area (Å²) in [7, 11) is 0. The average Bonchev–Trinajstić information content (AvgIpc) is 2.99. The Kier molecular flexibility index (Phi) is 9.83. The lowest BCUT2D eigenvalue weighted by atomic mass is 9.98. The highest BCUT2D eigenvalue weighted by Crippen LogP contribution is 2.10. The quantitative estimate of drug-likeness (QED) is 0.680. The Hall–Kier alpha value is -2.08. The van der Waals surface area contributed by atoms with Gasteiger partial charge in [0.05, 0.1) is 0 Å². The van der Waals surface area contributed by atoms with Crippen molar-refractivity contribution in [3.8, 4) is 0 Å². The van der Waals surface area contributed by atoms with Crippen LogP contribution in [0.15, 0.2) is 30.3 Å². The SMILES string of the molecule is CC[C@H](C)[C@H](NC(=O)OCc1ccccc1)C(=O)NCCN1CCCCCC1. The molecule has 0 unspecified atom stereocenters. The van der Waals surface area contributed by atoms with Crippen LogP contribution in [-0.2, 0) is 16.1 Å². The first-order valence-corrected chi connectivity index (χ1v) is 10.6. The highest BCUT2D eigenvalue weighted by molar-refractivity contribution is 5.85. The number of rotatable bonds is 9. The van der Waals surface area contributed by atoms with E-state index in [9.17, 15) is 9.59 Å². The van der Waals surface area contributed by atoms with Crippen LogP contribution >= 0.6 is 0 Å². The van der Waals surface area contributed by atoms with Crippen molar-refractivity contribution < 1.29 is 14.3 Å². The number of likely N-dealkylation sites (tertiary alicyclic amines) is 1. The molecule has 6 nitrogen and oxygen atoms in total. The molecule has 1 aromatic rings. The molecular formula is C22H35N3O3. The molecule has 1 fully saturated rings. The van der Waals surface area contributed by atoms with Crippen molar-refractivity contribution in [3.05, 3.63) is 35.9 Å². The molecule has 1 aromatic carbocycles. The van der Waals surface area contributed by atoms with Crippen molar-refractivity contribution in [2.45, 2.75) is 58.6 Å². The number of benzene rings is 1. The predicted molar refractivity (Wildman–Crippen MR) is 111 cm³/mol. The van der Waals surface area contributed by atoms with Gasteiger partial charge in [-0.25, -0.2) is 4.79 Å². The van der Waals surface area contributed by atoms with E-state index in [2.05, 4.69) is 15.5 Å². The minimum Gasteiger partial charge on any atom is -0.445 e. The van der Waals surface area contributed by atoms with Gasteiger partial charge in [0.1, 0.15) is 12.6 Å². The lowest BCUT2D eigenvalue weighted by Gasteiger charge is -2.24. The zero-order valence-electron chi connectivity index (χ0n) is 17.3. The number of hydrogen-bond donors (Lipinski definition) is 2. The number of amides is 2. The highest BCUT2D eigenvalue weighted by atomic mass is 16.5. The fourth-order valence-electron chi connectivity index (χ4n) is 3.40. The Labute approximate surface area is 169 Å². The number of ether oxygens (including phenoxy) is 1. The third-order valence-corrected chi connectivity index (χ3v) is 5.41. The van der Waals surface area contributed by atoms with Gasteiger partial charge < -0.3 is 20.3 Å². The second-order valence-corrected chi connectivity index (χ2v) is 7.62. The lowest BCUT2D eigenvalue weighted by molar-refractivity contribution is -0.124. The summed E-state index contributed by atoms with van der Waals surface area (Å²) in [6.45, 7) is 7.85. The molecule has 0 aliphatic carbocycles. The van der Waals surface area contributed by atoms with E-state index in [4.69, 9.17) is 4.74 Å². The Morgan fingerprint density at radius 1 is 1.11 bits per heavy atom. The van der Waals surface area contributed by atoms with E-state index < -0.39 is 12.1 Å². The maximum absolute atomic E-state index is 12.7. The number of alkyl carbamates (subject to hydrolysis) is 1. The minimum absolute atomic E-state index is 0.0301. The Bertz CT molecular complexity index is 586. The molecule has 0 radical (unpaired) electrons. The minimum atomic E-state index is -0.586. The Morgan fingerprint density at radius 3 is 2.43 bits per heavy atom. The van der Waals surface area contributed by atoms with E-state index >= 15 is 0 Å². The fourth-order valence-corrected chi connectivity index (χ4v) is 3.40. The van der Waals surface area contributed by atoms with E-state index in [0.717, 1.165) is 31.6 Å². The van der Waals surface area contributed by atoms with E-state index in [1.54, 1.807) is 0 Å². The Morgan fingerprint density at radius 2 is 1.79 bits per heavy atom. The van der Waals surface area contributed by atoms with Crippen molar-refractivity contribution in [3.63, 3.8) is 0 Å². The maximum Gasteiger partial charge on any atom is 0.408 e. The maximum atomic E-state index is 12.7. The summed E-state index contributed by atoms with van der Waals surface area (Å²) in [5.41, 5.74) is 0.916. The summed E-state index contributed by atoms with van der Waals surface area (Å²) >= 11 is 0. The summed E-state index contributed by atoms with van der Waals surface area (Å²) in [5, 5.41) is 5.74. The molecule has 1 heterocycles. The summed E-state index contributed by atoms with van der Waals surface area (Å²) in [6, 6.07) is 8.92. The Balaban J connectivity index is 1.78. The average molecular weight is 390 g/mol. The first kappa shape index (κ1) is 22.2. The van der Waals surface area contributed by atoms with Crippen LogP contribution in [0.2, 0.25) is 0 Å². The third kappa shape index (κ3) is 7.89. The van der Waals surface area contributed by atoms with Crippen molar-refractivity contribution in [1.82, 2.24) is 15.5 Å². The molecule has 1 saturated heterocycles. The molecule has 0 aromatic heterocycles. The van der Waals surface area contributed by atoms with Crippen LogP contribution < -0.4 is 10.6 Å². The molecular weight excluding hydrogens is 354 g/mol. The van der Waals surface area contributed by atoms with Crippen LogP contribution in [0.1, 0.15) is 51.5 Å². The van der Waals surface area contributed by atoms with Crippen LogP contribution in [0.5, 0.6) is 0 Å². The molecule has 0 spiro atoms. The van der Waals surface area contributed by atoms with Crippen molar-refractivity contribution in [1.29, 1.82) is 0 Å². The van der Waals surface area contributed by atoms with E-state index in [1.807, 2.05) is 44.2 Å². The predicted octanol–water partition coefficient (Wildman–Crippen LogP) is 3.32. The monoisotopic (exact) mass is 389 g/mol. The van der Waals surface area contributed by atoms with E-state index in [1.165, 1.54) is 25.7 Å². The van der Waals surface area contributed by atoms with Gasteiger partial charge in [-0.15, -0.1) is 0 Å². The molecule has 0 bridgehead atoms. The topological polar surface area (TPSA) is 70.7 Å². The number of carbonyl (C=O) groups excluding carboxylic acids is 2. The molecule has 28 heavy (non-hydrogen) atoms. The molecule has 2 rings (SSSR count). The van der Waals surface area contributed by atoms with Gasteiger partial charge >= 0.3 is 6.09 Å². The first-order chi connectivity index (χ1) is 13.6.